The number of nitrogens with one attached hydrogen (secondary N) is 2. The van der Waals surface area contributed by atoms with Gasteiger partial charge in [0.1, 0.15) is 12.4 Å². The number of nitrogens with zero attached hydrogens (tertiary/aromatic N) is 1. The number of para-hydroxylation sites is 1. The molecule has 2 N–H and O–H groups in total. The van der Waals surface area contributed by atoms with Crippen molar-refractivity contribution < 1.29 is 23.8 Å². The molecule has 0 spiro atoms. The van der Waals surface area contributed by atoms with Crippen LogP contribution in [0.5, 0.6) is 17.2 Å². The molecule has 3 aromatic rings. The Morgan fingerprint density at radius 1 is 0.912 bits per heavy atom. The fourth-order valence-electron chi connectivity index (χ4n) is 2.90. The smallest absolute Gasteiger partial charge is 0.329 e. The zero-order valence-corrected chi connectivity index (χ0v) is 20.3. The summed E-state index contributed by atoms with van der Waals surface area (Å²) in [6.45, 7) is 0.512. The van der Waals surface area contributed by atoms with Gasteiger partial charge in [-0.05, 0) is 47.5 Å². The molecule has 0 radical (unpaired) electrons. The lowest BCUT2D eigenvalue weighted by molar-refractivity contribution is -0.139. The van der Waals surface area contributed by atoms with Gasteiger partial charge in [-0.25, -0.2) is 5.43 Å². The highest BCUT2D eigenvalue weighted by Crippen LogP contribution is 2.31. The first kappa shape index (κ1) is 24.8. The highest BCUT2D eigenvalue weighted by atomic mass is 79.9. The Kier molecular flexibility index (Phi) is 9.04. The van der Waals surface area contributed by atoms with E-state index in [4.69, 9.17) is 14.2 Å². The molecule has 0 atom stereocenters. The van der Waals surface area contributed by atoms with Crippen LogP contribution in [0, 0.1) is 0 Å². The summed E-state index contributed by atoms with van der Waals surface area (Å²) in [5.41, 5.74) is 4.61. The molecule has 0 saturated heterocycles. The van der Waals surface area contributed by atoms with Gasteiger partial charge in [0.25, 0.3) is 0 Å². The largest absolute Gasteiger partial charge is 0.497 e. The van der Waals surface area contributed by atoms with Crippen molar-refractivity contribution in [1.82, 2.24) is 10.7 Å². The van der Waals surface area contributed by atoms with Crippen molar-refractivity contribution in [2.24, 2.45) is 5.10 Å². The predicted octanol–water partition coefficient (Wildman–Crippen LogP) is 3.81. The minimum Gasteiger partial charge on any atom is -0.497 e. The van der Waals surface area contributed by atoms with E-state index in [9.17, 15) is 9.59 Å². The van der Waals surface area contributed by atoms with Crippen LogP contribution in [-0.2, 0) is 22.7 Å². The van der Waals surface area contributed by atoms with Gasteiger partial charge in [0.15, 0.2) is 11.5 Å². The monoisotopic (exact) mass is 525 g/mol. The summed E-state index contributed by atoms with van der Waals surface area (Å²) in [5.74, 6) is 0.00898. The third-order valence-corrected chi connectivity index (χ3v) is 5.24. The number of amides is 2. The molecule has 0 aliphatic rings. The van der Waals surface area contributed by atoms with Gasteiger partial charge in [0, 0.05) is 16.6 Å². The maximum Gasteiger partial charge on any atom is 0.329 e. The van der Waals surface area contributed by atoms with Gasteiger partial charge in [-0.3, -0.25) is 9.59 Å². The SMILES string of the molecule is COc1ccc(CNC(=O)C(=O)N/N=C\c2cccc(OC)c2OCc2ccc(Br)cc2)cc1. The molecule has 0 fully saturated rings. The molecule has 0 aliphatic carbocycles. The molecule has 2 amide bonds. The zero-order chi connectivity index (χ0) is 24.3. The molecule has 176 valence electrons. The molecular formula is C25H24BrN3O5. The maximum absolute atomic E-state index is 12.1. The van der Waals surface area contributed by atoms with E-state index in [2.05, 4.69) is 31.8 Å². The summed E-state index contributed by atoms with van der Waals surface area (Å²) in [5, 5.41) is 6.44. The van der Waals surface area contributed by atoms with E-state index in [-0.39, 0.29) is 6.54 Å². The third kappa shape index (κ3) is 7.08. The van der Waals surface area contributed by atoms with E-state index in [0.717, 1.165) is 15.6 Å². The average molecular weight is 526 g/mol. The quantitative estimate of drug-likeness (QED) is 0.251. The van der Waals surface area contributed by atoms with Crippen molar-refractivity contribution >= 4 is 34.0 Å². The van der Waals surface area contributed by atoms with Crippen LogP contribution in [-0.4, -0.2) is 32.2 Å². The van der Waals surface area contributed by atoms with E-state index in [1.807, 2.05) is 24.3 Å². The number of benzene rings is 3. The number of ether oxygens (including phenoxy) is 3. The molecule has 0 saturated carbocycles. The Bertz CT molecular complexity index is 1150. The van der Waals surface area contributed by atoms with Gasteiger partial charge in [0.2, 0.25) is 0 Å². The molecule has 8 nitrogen and oxygen atoms in total. The Hall–Kier alpha value is -3.85. The molecule has 0 aliphatic heterocycles. The number of methoxy groups -OCH3 is 2. The second kappa shape index (κ2) is 12.4. The molecule has 34 heavy (non-hydrogen) atoms. The highest BCUT2D eigenvalue weighted by Gasteiger charge is 2.13. The van der Waals surface area contributed by atoms with Gasteiger partial charge < -0.3 is 19.5 Å². The van der Waals surface area contributed by atoms with Crippen molar-refractivity contribution in [3.63, 3.8) is 0 Å². The van der Waals surface area contributed by atoms with Crippen molar-refractivity contribution in [3.05, 3.63) is 87.9 Å². The number of carbonyl (C=O) groups is 2. The van der Waals surface area contributed by atoms with Crippen LogP contribution in [0.15, 0.2) is 76.3 Å². The summed E-state index contributed by atoms with van der Waals surface area (Å²) < 4.78 is 17.4. The topological polar surface area (TPSA) is 98.2 Å². The Balaban J connectivity index is 1.58. The third-order valence-electron chi connectivity index (χ3n) is 4.71. The summed E-state index contributed by atoms with van der Waals surface area (Å²) in [6.07, 6.45) is 1.40. The predicted molar refractivity (Wildman–Crippen MR) is 132 cm³/mol. The van der Waals surface area contributed by atoms with Crippen LogP contribution in [0.1, 0.15) is 16.7 Å². The van der Waals surface area contributed by atoms with E-state index < -0.39 is 11.8 Å². The molecular weight excluding hydrogens is 502 g/mol. The molecule has 0 unspecified atom stereocenters. The van der Waals surface area contributed by atoms with E-state index in [0.29, 0.717) is 29.4 Å². The van der Waals surface area contributed by atoms with Crippen LogP contribution in [0.4, 0.5) is 0 Å². The molecule has 9 heteroatoms. The first-order valence-corrected chi connectivity index (χ1v) is 11.1. The summed E-state index contributed by atoms with van der Waals surface area (Å²) in [4.78, 5) is 24.1. The first-order valence-electron chi connectivity index (χ1n) is 10.3. The molecule has 0 aromatic heterocycles. The molecule has 0 bridgehead atoms. The second-order valence-corrected chi connectivity index (χ2v) is 7.94. The van der Waals surface area contributed by atoms with Gasteiger partial charge in [0.05, 0.1) is 20.4 Å². The lowest BCUT2D eigenvalue weighted by Gasteiger charge is -2.13. The Labute approximate surface area is 206 Å². The van der Waals surface area contributed by atoms with Gasteiger partial charge >= 0.3 is 11.8 Å². The van der Waals surface area contributed by atoms with Crippen molar-refractivity contribution in [3.8, 4) is 17.2 Å². The highest BCUT2D eigenvalue weighted by molar-refractivity contribution is 9.10. The number of hydrogen-bond acceptors (Lipinski definition) is 6. The summed E-state index contributed by atoms with van der Waals surface area (Å²) in [6, 6.07) is 20.2. The standard InChI is InChI=1S/C25H24BrN3O5/c1-32-21-12-8-17(9-13-21)14-27-24(30)25(31)29-28-15-19-4-3-5-22(33-2)23(19)34-16-18-6-10-20(26)11-7-18/h3-13,15H,14,16H2,1-2H3,(H,27,30)(H,29,31)/b28-15-. The number of halogens is 1. The van der Waals surface area contributed by atoms with Crippen molar-refractivity contribution in [2.75, 3.05) is 14.2 Å². The number of rotatable bonds is 9. The number of hydrazone groups is 1. The minimum absolute atomic E-state index is 0.198. The van der Waals surface area contributed by atoms with E-state index >= 15 is 0 Å². The Morgan fingerprint density at radius 2 is 1.62 bits per heavy atom. The van der Waals surface area contributed by atoms with Crippen LogP contribution in [0.2, 0.25) is 0 Å². The van der Waals surface area contributed by atoms with Crippen LogP contribution in [0.25, 0.3) is 0 Å². The summed E-state index contributed by atoms with van der Waals surface area (Å²) >= 11 is 3.41. The normalized spacial score (nSPS) is 10.6. The number of hydrogen-bond donors (Lipinski definition) is 2. The maximum atomic E-state index is 12.1. The fraction of sp³-hybridized carbons (Fsp3) is 0.160. The van der Waals surface area contributed by atoms with E-state index in [1.165, 1.54) is 13.3 Å². The van der Waals surface area contributed by atoms with Crippen LogP contribution < -0.4 is 25.0 Å². The second-order valence-electron chi connectivity index (χ2n) is 7.02. The summed E-state index contributed by atoms with van der Waals surface area (Å²) in [7, 11) is 3.11. The van der Waals surface area contributed by atoms with Gasteiger partial charge in [-0.2, -0.15) is 5.10 Å². The fourth-order valence-corrected chi connectivity index (χ4v) is 3.17. The van der Waals surface area contributed by atoms with Crippen LogP contribution in [0.3, 0.4) is 0 Å². The van der Waals surface area contributed by atoms with Crippen molar-refractivity contribution in [1.29, 1.82) is 0 Å². The molecule has 3 aromatic carbocycles. The first-order chi connectivity index (χ1) is 16.5. The average Bonchev–Trinajstić information content (AvgIpc) is 2.87. The zero-order valence-electron chi connectivity index (χ0n) is 18.7. The van der Waals surface area contributed by atoms with Crippen molar-refractivity contribution in [2.45, 2.75) is 13.2 Å². The number of carbonyl (C=O) groups excluding carboxylic acids is 2. The van der Waals surface area contributed by atoms with Crippen LogP contribution >= 0.6 is 15.9 Å². The van der Waals surface area contributed by atoms with Gasteiger partial charge in [-0.1, -0.05) is 46.3 Å². The lowest BCUT2D eigenvalue weighted by atomic mass is 10.2. The Morgan fingerprint density at radius 3 is 2.29 bits per heavy atom. The lowest BCUT2D eigenvalue weighted by Crippen LogP contribution is -2.37. The minimum atomic E-state index is -0.884. The molecule has 3 rings (SSSR count). The van der Waals surface area contributed by atoms with E-state index in [1.54, 1.807) is 49.6 Å². The molecule has 0 heterocycles. The van der Waals surface area contributed by atoms with Gasteiger partial charge in [-0.15, -0.1) is 0 Å².